The average Bonchev–Trinajstić information content (AvgIpc) is 3.70. The minimum atomic E-state index is -0.962. The zero-order chi connectivity index (χ0) is 30.1. The second-order valence-electron chi connectivity index (χ2n) is 10.3. The molecule has 0 saturated carbocycles. The van der Waals surface area contributed by atoms with Gasteiger partial charge in [-0.15, -0.1) is 10.2 Å². The van der Waals surface area contributed by atoms with Gasteiger partial charge in [0.1, 0.15) is 29.2 Å². The average molecular weight is 618 g/mol. The summed E-state index contributed by atoms with van der Waals surface area (Å²) in [6.07, 6.45) is 1.50. The lowest BCUT2D eigenvalue weighted by atomic mass is 9.94. The second kappa shape index (κ2) is 12.2. The number of hydrogen-bond acceptors (Lipinski definition) is 9. The van der Waals surface area contributed by atoms with Crippen molar-refractivity contribution < 1.29 is 28.6 Å². The van der Waals surface area contributed by atoms with Crippen LogP contribution in [0.2, 0.25) is 0 Å². The normalized spacial score (nSPS) is 19.0. The van der Waals surface area contributed by atoms with Gasteiger partial charge >= 0.3 is 5.91 Å². The third-order valence-corrected chi connectivity index (χ3v) is 9.27. The second-order valence-corrected chi connectivity index (χ2v) is 12.5. The number of Topliss-reactive ketones (excluding diaryl/α,β-unsaturated/α-hetero) is 1. The monoisotopic (exact) mass is 617 g/mol. The maximum Gasteiger partial charge on any atom is 0.301 e. The van der Waals surface area contributed by atoms with E-state index in [-0.39, 0.29) is 28.4 Å². The third kappa shape index (κ3) is 5.87. The molecular weight excluding hydrogens is 590 g/mol. The molecule has 0 spiro atoms. The smallest absolute Gasteiger partial charge is 0.301 e. The molecule has 0 bridgehead atoms. The molecule has 220 valence electrons. The predicted molar refractivity (Wildman–Crippen MR) is 163 cm³/mol. The summed E-state index contributed by atoms with van der Waals surface area (Å²) in [6, 6.07) is 17.6. The molecular formula is C32H28FN3O5S2. The number of ketones is 1. The van der Waals surface area contributed by atoms with E-state index in [9.17, 15) is 19.1 Å². The van der Waals surface area contributed by atoms with Crippen molar-refractivity contribution in [2.24, 2.45) is 0 Å². The number of rotatable bonds is 9. The number of benzene rings is 3. The van der Waals surface area contributed by atoms with Crippen molar-refractivity contribution in [3.05, 3.63) is 100 Å². The fourth-order valence-corrected chi connectivity index (χ4v) is 6.97. The van der Waals surface area contributed by atoms with Crippen molar-refractivity contribution >= 4 is 45.7 Å². The molecule has 6 rings (SSSR count). The van der Waals surface area contributed by atoms with E-state index in [1.54, 1.807) is 48.5 Å². The SMILES string of the molecule is CCCOc1cccc([C@H]2/C(=C(\O)c3ccc4c(c3)C[C@H](C)O4)C(=O)C(=O)N2c2nnc(SCc3ccc(F)cc3)s2)c1. The quantitative estimate of drug-likeness (QED) is 0.0727. The Balaban J connectivity index is 1.39. The maximum atomic E-state index is 13.6. The van der Waals surface area contributed by atoms with Gasteiger partial charge in [-0.05, 0) is 72.5 Å². The van der Waals surface area contributed by atoms with Crippen molar-refractivity contribution in [2.75, 3.05) is 11.5 Å². The first-order chi connectivity index (χ1) is 20.8. The zero-order valence-corrected chi connectivity index (χ0v) is 25.1. The van der Waals surface area contributed by atoms with Crippen LogP contribution in [0.15, 0.2) is 76.6 Å². The number of carbonyl (C=O) groups is 2. The number of anilines is 1. The molecule has 1 saturated heterocycles. The number of nitrogens with zero attached hydrogens (tertiary/aromatic N) is 3. The van der Waals surface area contributed by atoms with Gasteiger partial charge < -0.3 is 14.6 Å². The summed E-state index contributed by atoms with van der Waals surface area (Å²) in [7, 11) is 0. The molecule has 1 fully saturated rings. The van der Waals surface area contributed by atoms with E-state index in [0.717, 1.165) is 23.3 Å². The number of aliphatic hydroxyl groups is 1. The van der Waals surface area contributed by atoms with Gasteiger partial charge in [0, 0.05) is 17.7 Å². The molecule has 1 N–H and O–H groups in total. The van der Waals surface area contributed by atoms with E-state index < -0.39 is 17.7 Å². The Hall–Kier alpha value is -4.22. The van der Waals surface area contributed by atoms with Crippen molar-refractivity contribution in [1.82, 2.24) is 10.2 Å². The molecule has 4 aromatic rings. The molecule has 1 amide bonds. The molecule has 3 heterocycles. The minimum absolute atomic E-state index is 0.0105. The molecule has 2 atom stereocenters. The minimum Gasteiger partial charge on any atom is -0.507 e. The van der Waals surface area contributed by atoms with Crippen molar-refractivity contribution in [2.45, 2.75) is 48.9 Å². The van der Waals surface area contributed by atoms with Gasteiger partial charge in [0.15, 0.2) is 4.34 Å². The van der Waals surface area contributed by atoms with Gasteiger partial charge in [-0.25, -0.2) is 4.39 Å². The summed E-state index contributed by atoms with van der Waals surface area (Å²) in [6.45, 7) is 4.47. The highest BCUT2D eigenvalue weighted by Gasteiger charge is 2.48. The molecule has 43 heavy (non-hydrogen) atoms. The van der Waals surface area contributed by atoms with Crippen LogP contribution in [0.5, 0.6) is 11.5 Å². The van der Waals surface area contributed by atoms with Gasteiger partial charge in [-0.1, -0.05) is 54.3 Å². The molecule has 0 unspecified atom stereocenters. The van der Waals surface area contributed by atoms with E-state index in [4.69, 9.17) is 9.47 Å². The van der Waals surface area contributed by atoms with Crippen LogP contribution in [-0.4, -0.2) is 39.7 Å². The molecule has 0 radical (unpaired) electrons. The Bertz CT molecular complexity index is 1720. The zero-order valence-electron chi connectivity index (χ0n) is 23.5. The van der Waals surface area contributed by atoms with Gasteiger partial charge in [0.25, 0.3) is 5.78 Å². The van der Waals surface area contributed by atoms with Crippen LogP contribution in [0.1, 0.15) is 48.6 Å². The largest absolute Gasteiger partial charge is 0.507 e. The highest BCUT2D eigenvalue weighted by Crippen LogP contribution is 2.45. The summed E-state index contributed by atoms with van der Waals surface area (Å²) in [5.41, 5.74) is 2.79. The lowest BCUT2D eigenvalue weighted by Gasteiger charge is -2.23. The van der Waals surface area contributed by atoms with Gasteiger partial charge in [-0.3, -0.25) is 14.5 Å². The Kier molecular flexibility index (Phi) is 8.18. The molecule has 11 heteroatoms. The molecule has 8 nitrogen and oxygen atoms in total. The number of aliphatic hydroxyl groups excluding tert-OH is 1. The highest BCUT2D eigenvalue weighted by molar-refractivity contribution is 8.00. The Morgan fingerprint density at radius 1 is 1.14 bits per heavy atom. The number of thioether (sulfide) groups is 1. The number of aromatic nitrogens is 2. The van der Waals surface area contributed by atoms with Crippen LogP contribution in [0.25, 0.3) is 5.76 Å². The van der Waals surface area contributed by atoms with E-state index >= 15 is 0 Å². The van der Waals surface area contributed by atoms with E-state index in [1.165, 1.54) is 40.1 Å². The van der Waals surface area contributed by atoms with Crippen molar-refractivity contribution in [1.29, 1.82) is 0 Å². The van der Waals surface area contributed by atoms with Gasteiger partial charge in [0.2, 0.25) is 5.13 Å². The molecule has 1 aromatic heterocycles. The molecule has 0 aliphatic carbocycles. The van der Waals surface area contributed by atoms with Gasteiger partial charge in [0.05, 0.1) is 18.2 Å². The van der Waals surface area contributed by atoms with Crippen LogP contribution in [0, 0.1) is 5.82 Å². The summed E-state index contributed by atoms with van der Waals surface area (Å²) in [4.78, 5) is 28.5. The number of carbonyl (C=O) groups excluding carboxylic acids is 2. The molecule has 2 aliphatic heterocycles. The molecule has 2 aliphatic rings. The number of fused-ring (bicyclic) bond motifs is 1. The van der Waals surface area contributed by atoms with Crippen LogP contribution in [0.3, 0.4) is 0 Å². The summed E-state index contributed by atoms with van der Waals surface area (Å²) in [5, 5.41) is 20.3. The highest BCUT2D eigenvalue weighted by atomic mass is 32.2. The topological polar surface area (TPSA) is 102 Å². The fourth-order valence-electron chi connectivity index (χ4n) is 5.15. The van der Waals surface area contributed by atoms with Crippen molar-refractivity contribution in [3.8, 4) is 11.5 Å². The summed E-state index contributed by atoms with van der Waals surface area (Å²) < 4.78 is 25.5. The Labute approximate surface area is 256 Å². The number of amides is 1. The predicted octanol–water partition coefficient (Wildman–Crippen LogP) is 6.71. The summed E-state index contributed by atoms with van der Waals surface area (Å²) >= 11 is 2.56. The standard InChI is InChI=1S/C32H28FN3O5S2/c1-3-13-40-24-6-4-5-20(16-24)27-26(28(37)21-9-12-25-22(15-21)14-18(2)41-25)29(38)30(39)36(27)31-34-35-32(43-31)42-17-19-7-10-23(33)11-8-19/h4-12,15-16,18,27,37H,3,13-14,17H2,1-2H3/b28-26+/t18-,27-/m0/s1. The van der Waals surface area contributed by atoms with Gasteiger partial charge in [-0.2, -0.15) is 0 Å². The third-order valence-electron chi connectivity index (χ3n) is 7.14. The van der Waals surface area contributed by atoms with Crippen molar-refractivity contribution in [3.63, 3.8) is 0 Å². The molecule has 3 aromatic carbocycles. The van der Waals surface area contributed by atoms with E-state index in [1.807, 2.05) is 19.9 Å². The van der Waals surface area contributed by atoms with Crippen LogP contribution < -0.4 is 14.4 Å². The van der Waals surface area contributed by atoms with Crippen LogP contribution in [-0.2, 0) is 21.8 Å². The van der Waals surface area contributed by atoms with Crippen LogP contribution >= 0.6 is 23.1 Å². The number of ether oxygens (including phenoxy) is 2. The maximum absolute atomic E-state index is 13.6. The fraction of sp³-hybridized carbons (Fsp3) is 0.250. The first-order valence-corrected chi connectivity index (χ1v) is 15.7. The Morgan fingerprint density at radius 2 is 1.95 bits per heavy atom. The van der Waals surface area contributed by atoms with Crippen LogP contribution in [0.4, 0.5) is 9.52 Å². The lowest BCUT2D eigenvalue weighted by molar-refractivity contribution is -0.132. The first kappa shape index (κ1) is 28.9. The summed E-state index contributed by atoms with van der Waals surface area (Å²) in [5.74, 6) is -0.367. The number of hydrogen-bond donors (Lipinski definition) is 1. The van der Waals surface area contributed by atoms with E-state index in [2.05, 4.69) is 10.2 Å². The number of halogens is 1. The Morgan fingerprint density at radius 3 is 2.74 bits per heavy atom. The van der Waals surface area contributed by atoms with E-state index in [0.29, 0.717) is 40.0 Å². The lowest BCUT2D eigenvalue weighted by Crippen LogP contribution is -2.29. The first-order valence-electron chi connectivity index (χ1n) is 13.9.